The highest BCUT2D eigenvalue weighted by Gasteiger charge is 2.07. The third-order valence-electron chi connectivity index (χ3n) is 3.06. The van der Waals surface area contributed by atoms with Crippen LogP contribution in [0.5, 0.6) is 5.75 Å². The Balaban J connectivity index is 1.81. The van der Waals surface area contributed by atoms with Crippen LogP contribution in [0.25, 0.3) is 0 Å². The van der Waals surface area contributed by atoms with Gasteiger partial charge >= 0.3 is 6.03 Å². The van der Waals surface area contributed by atoms with Crippen molar-refractivity contribution in [2.24, 2.45) is 5.73 Å². The summed E-state index contributed by atoms with van der Waals surface area (Å²) in [6, 6.07) is 16.3. The second-order valence-electron chi connectivity index (χ2n) is 4.58. The van der Waals surface area contributed by atoms with E-state index >= 15 is 0 Å². The number of carbonyl (C=O) groups excluding carboxylic acids is 1. The van der Waals surface area contributed by atoms with Gasteiger partial charge in [-0.2, -0.15) is 0 Å². The smallest absolute Gasteiger partial charge is 0.319 e. The first-order valence-corrected chi connectivity index (χ1v) is 6.68. The highest BCUT2D eigenvalue weighted by atomic mass is 16.5. The van der Waals surface area contributed by atoms with Crippen molar-refractivity contribution in [2.45, 2.75) is 6.04 Å². The maximum atomic E-state index is 11.8. The van der Waals surface area contributed by atoms with Gasteiger partial charge in [-0.3, -0.25) is 0 Å². The quantitative estimate of drug-likeness (QED) is 0.790. The third-order valence-corrected chi connectivity index (χ3v) is 3.06. The van der Waals surface area contributed by atoms with Gasteiger partial charge < -0.3 is 21.1 Å². The van der Waals surface area contributed by atoms with Gasteiger partial charge in [0.2, 0.25) is 0 Å². The molecule has 1 atom stereocenters. The van der Waals surface area contributed by atoms with Crippen LogP contribution in [0.3, 0.4) is 0 Å². The first-order chi connectivity index (χ1) is 10.2. The largest absolute Gasteiger partial charge is 0.497 e. The van der Waals surface area contributed by atoms with Gasteiger partial charge in [0.1, 0.15) is 5.75 Å². The lowest BCUT2D eigenvalue weighted by Gasteiger charge is -2.13. The molecule has 0 bridgehead atoms. The molecule has 5 nitrogen and oxygen atoms in total. The number of carbonyl (C=O) groups is 1. The fraction of sp³-hybridized carbons (Fsp3) is 0.188. The van der Waals surface area contributed by atoms with Gasteiger partial charge in [0.05, 0.1) is 7.11 Å². The Bertz CT molecular complexity index is 570. The zero-order valence-corrected chi connectivity index (χ0v) is 11.9. The van der Waals surface area contributed by atoms with Crippen molar-refractivity contribution in [2.75, 3.05) is 19.0 Å². The van der Waals surface area contributed by atoms with Crippen molar-refractivity contribution in [3.63, 3.8) is 0 Å². The molecule has 0 radical (unpaired) electrons. The first-order valence-electron chi connectivity index (χ1n) is 6.68. The average Bonchev–Trinajstić information content (AvgIpc) is 2.54. The van der Waals surface area contributed by atoms with Gasteiger partial charge in [0.15, 0.2) is 0 Å². The summed E-state index contributed by atoms with van der Waals surface area (Å²) in [4.78, 5) is 11.8. The summed E-state index contributed by atoms with van der Waals surface area (Å²) in [5.74, 6) is 0.743. The van der Waals surface area contributed by atoms with Crippen LogP contribution in [-0.4, -0.2) is 19.7 Å². The normalized spacial score (nSPS) is 11.5. The van der Waals surface area contributed by atoms with Gasteiger partial charge in [0.25, 0.3) is 0 Å². The van der Waals surface area contributed by atoms with E-state index < -0.39 is 0 Å². The zero-order chi connectivity index (χ0) is 15.1. The van der Waals surface area contributed by atoms with E-state index in [1.807, 2.05) is 30.3 Å². The summed E-state index contributed by atoms with van der Waals surface area (Å²) in [5, 5.41) is 5.49. The van der Waals surface area contributed by atoms with Gasteiger partial charge in [-0.25, -0.2) is 4.79 Å². The lowest BCUT2D eigenvalue weighted by molar-refractivity contribution is 0.251. The molecule has 0 aliphatic carbocycles. The van der Waals surface area contributed by atoms with Crippen LogP contribution in [0.15, 0.2) is 54.6 Å². The molecule has 4 N–H and O–H groups in total. The Hall–Kier alpha value is -2.53. The molecule has 0 aliphatic rings. The average molecular weight is 285 g/mol. The minimum atomic E-state index is -0.286. The lowest BCUT2D eigenvalue weighted by atomic mass is 10.1. The number of rotatable bonds is 5. The molecule has 0 aliphatic heterocycles. The van der Waals surface area contributed by atoms with Crippen molar-refractivity contribution in [1.82, 2.24) is 5.32 Å². The predicted octanol–water partition coefficient (Wildman–Crippen LogP) is 2.52. The molecule has 0 aromatic heterocycles. The molecule has 0 spiro atoms. The number of anilines is 1. The fourth-order valence-corrected chi connectivity index (χ4v) is 1.87. The molecule has 2 aromatic carbocycles. The van der Waals surface area contributed by atoms with E-state index in [-0.39, 0.29) is 12.1 Å². The number of hydrogen-bond acceptors (Lipinski definition) is 3. The Morgan fingerprint density at radius 2 is 1.81 bits per heavy atom. The van der Waals surface area contributed by atoms with E-state index in [9.17, 15) is 4.79 Å². The maximum Gasteiger partial charge on any atom is 0.319 e. The van der Waals surface area contributed by atoms with Crippen LogP contribution in [0.2, 0.25) is 0 Å². The van der Waals surface area contributed by atoms with Gasteiger partial charge in [-0.1, -0.05) is 30.3 Å². The standard InChI is InChI=1S/C16H19N3O2/c1-21-14-9-7-13(8-10-14)19-16(20)18-11-15(17)12-5-3-2-4-6-12/h2-10,15H,11,17H2,1H3,(H2,18,19,20). The molecule has 0 saturated heterocycles. The van der Waals surface area contributed by atoms with Crippen LogP contribution in [-0.2, 0) is 0 Å². The topological polar surface area (TPSA) is 76.4 Å². The molecule has 2 aromatic rings. The van der Waals surface area contributed by atoms with E-state index in [0.29, 0.717) is 12.2 Å². The molecule has 0 fully saturated rings. The summed E-state index contributed by atoms with van der Waals surface area (Å²) in [6.07, 6.45) is 0. The second kappa shape index (κ2) is 7.31. The van der Waals surface area contributed by atoms with Gasteiger partial charge in [-0.15, -0.1) is 0 Å². The van der Waals surface area contributed by atoms with E-state index in [0.717, 1.165) is 11.3 Å². The second-order valence-corrected chi connectivity index (χ2v) is 4.58. The molecule has 0 heterocycles. The summed E-state index contributed by atoms with van der Waals surface area (Å²) < 4.78 is 5.06. The highest BCUT2D eigenvalue weighted by molar-refractivity contribution is 5.89. The third kappa shape index (κ3) is 4.50. The minimum Gasteiger partial charge on any atom is -0.497 e. The Labute approximate surface area is 124 Å². The number of amides is 2. The van der Waals surface area contributed by atoms with Crippen LogP contribution in [0.1, 0.15) is 11.6 Å². The molecule has 21 heavy (non-hydrogen) atoms. The van der Waals surface area contributed by atoms with E-state index in [2.05, 4.69) is 10.6 Å². The van der Waals surface area contributed by atoms with Crippen LogP contribution in [0.4, 0.5) is 10.5 Å². The number of ether oxygens (including phenoxy) is 1. The van der Waals surface area contributed by atoms with Gasteiger partial charge in [-0.05, 0) is 29.8 Å². The summed E-state index contributed by atoms with van der Waals surface area (Å²) in [7, 11) is 1.60. The number of methoxy groups -OCH3 is 1. The Morgan fingerprint density at radius 3 is 2.43 bits per heavy atom. The number of nitrogens with one attached hydrogen (secondary N) is 2. The monoisotopic (exact) mass is 285 g/mol. The molecule has 110 valence electrons. The van der Waals surface area contributed by atoms with E-state index in [4.69, 9.17) is 10.5 Å². The van der Waals surface area contributed by atoms with Crippen molar-refractivity contribution >= 4 is 11.7 Å². The van der Waals surface area contributed by atoms with Gasteiger partial charge in [0, 0.05) is 18.3 Å². The maximum absolute atomic E-state index is 11.8. The lowest BCUT2D eigenvalue weighted by Crippen LogP contribution is -2.34. The number of benzene rings is 2. The van der Waals surface area contributed by atoms with E-state index in [1.54, 1.807) is 31.4 Å². The number of urea groups is 1. The molecule has 0 saturated carbocycles. The number of nitrogens with two attached hydrogens (primary N) is 1. The fourth-order valence-electron chi connectivity index (χ4n) is 1.87. The van der Waals surface area contributed by atoms with Crippen LogP contribution < -0.4 is 21.1 Å². The molecular formula is C16H19N3O2. The van der Waals surface area contributed by atoms with Crippen molar-refractivity contribution in [1.29, 1.82) is 0 Å². The summed E-state index contributed by atoms with van der Waals surface area (Å²) in [6.45, 7) is 0.367. The molecular weight excluding hydrogens is 266 g/mol. The Morgan fingerprint density at radius 1 is 1.14 bits per heavy atom. The SMILES string of the molecule is COc1ccc(NC(=O)NCC(N)c2ccccc2)cc1. The molecule has 5 heteroatoms. The Kier molecular flexibility index (Phi) is 5.17. The summed E-state index contributed by atoms with van der Waals surface area (Å²) in [5.41, 5.74) is 7.70. The van der Waals surface area contributed by atoms with Crippen molar-refractivity contribution in [3.8, 4) is 5.75 Å². The summed E-state index contributed by atoms with van der Waals surface area (Å²) >= 11 is 0. The minimum absolute atomic E-state index is 0.229. The number of hydrogen-bond donors (Lipinski definition) is 3. The molecule has 2 amide bonds. The molecule has 1 unspecified atom stereocenters. The van der Waals surface area contributed by atoms with Crippen LogP contribution in [0, 0.1) is 0 Å². The van der Waals surface area contributed by atoms with Crippen LogP contribution >= 0.6 is 0 Å². The molecule has 2 rings (SSSR count). The highest BCUT2D eigenvalue weighted by Crippen LogP contribution is 2.14. The predicted molar refractivity (Wildman–Crippen MR) is 83.4 cm³/mol. The first kappa shape index (κ1) is 14.9. The zero-order valence-electron chi connectivity index (χ0n) is 11.9. The van der Waals surface area contributed by atoms with Crippen molar-refractivity contribution in [3.05, 3.63) is 60.2 Å². The van der Waals surface area contributed by atoms with Crippen molar-refractivity contribution < 1.29 is 9.53 Å². The van der Waals surface area contributed by atoms with E-state index in [1.165, 1.54) is 0 Å².